The lowest BCUT2D eigenvalue weighted by Gasteiger charge is -2.14. The molecule has 0 amide bonds. The van der Waals surface area contributed by atoms with Crippen LogP contribution in [0.4, 0.5) is 0 Å². The molecule has 1 heterocycles. The van der Waals surface area contributed by atoms with Crippen LogP contribution in [0.3, 0.4) is 0 Å². The molecule has 2 heteroatoms. The number of hydrogen-bond acceptors (Lipinski definition) is 1. The average molecular weight is 134 g/mol. The molecule has 2 nitrogen and oxygen atoms in total. The Balaban J connectivity index is 2.33. The van der Waals surface area contributed by atoms with Crippen molar-refractivity contribution in [2.45, 2.75) is 12.8 Å². The molecule has 0 aromatic heterocycles. The maximum Gasteiger partial charge on any atom is 0.129 e. The van der Waals surface area contributed by atoms with E-state index in [0.717, 1.165) is 12.8 Å². The molecule has 2 aliphatic rings. The standard InChI is InChI=1S/C8H8NO/c1-2-4-8-6-10-9-5-7(8)3-1/h2,4-6H,1,3H2. The van der Waals surface area contributed by atoms with Crippen LogP contribution < -0.4 is 5.48 Å². The maximum absolute atomic E-state index is 4.77. The Labute approximate surface area is 59.8 Å². The first-order valence-corrected chi connectivity index (χ1v) is 3.39. The quantitative estimate of drug-likeness (QED) is 0.494. The van der Waals surface area contributed by atoms with Crippen molar-refractivity contribution in [1.82, 2.24) is 5.48 Å². The van der Waals surface area contributed by atoms with E-state index in [4.69, 9.17) is 4.84 Å². The zero-order valence-electron chi connectivity index (χ0n) is 5.58. The minimum atomic E-state index is 1.09. The van der Waals surface area contributed by atoms with E-state index in [2.05, 4.69) is 17.6 Å². The van der Waals surface area contributed by atoms with Crippen LogP contribution in [0.25, 0.3) is 0 Å². The number of rotatable bonds is 0. The minimum Gasteiger partial charge on any atom is -0.364 e. The molecule has 0 aromatic carbocycles. The van der Waals surface area contributed by atoms with Crippen molar-refractivity contribution in [3.63, 3.8) is 0 Å². The molecule has 1 aliphatic carbocycles. The molecule has 0 atom stereocenters. The lowest BCUT2D eigenvalue weighted by atomic mass is 9.97. The molecule has 10 heavy (non-hydrogen) atoms. The Morgan fingerprint density at radius 2 is 2.50 bits per heavy atom. The number of hydroxylamine groups is 1. The third kappa shape index (κ3) is 0.817. The van der Waals surface area contributed by atoms with Gasteiger partial charge in [-0.15, -0.1) is 0 Å². The van der Waals surface area contributed by atoms with Gasteiger partial charge in [0.1, 0.15) is 6.26 Å². The van der Waals surface area contributed by atoms with Gasteiger partial charge in [-0.2, -0.15) is 0 Å². The Hall–Kier alpha value is -1.18. The maximum atomic E-state index is 4.77. The Kier molecular flexibility index (Phi) is 1.24. The van der Waals surface area contributed by atoms with Gasteiger partial charge in [0.05, 0.1) is 6.20 Å². The highest BCUT2D eigenvalue weighted by atomic mass is 16.6. The van der Waals surface area contributed by atoms with E-state index in [1.165, 1.54) is 11.1 Å². The van der Waals surface area contributed by atoms with Crippen LogP contribution in [0.5, 0.6) is 0 Å². The van der Waals surface area contributed by atoms with Gasteiger partial charge in [-0.05, 0) is 18.4 Å². The Bertz CT molecular complexity index is 225. The normalized spacial score (nSPS) is 21.6. The SMILES string of the molecule is C1=CC2=CO[N]C=C2CC1. The summed E-state index contributed by atoms with van der Waals surface area (Å²) in [6.07, 6.45) is 9.92. The molecule has 1 aliphatic heterocycles. The van der Waals surface area contributed by atoms with Gasteiger partial charge in [-0.25, -0.2) is 0 Å². The molecule has 0 aromatic rings. The van der Waals surface area contributed by atoms with Crippen LogP contribution in [0, 0.1) is 0 Å². The van der Waals surface area contributed by atoms with Crippen LogP contribution in [0.2, 0.25) is 0 Å². The monoisotopic (exact) mass is 134 g/mol. The third-order valence-electron chi connectivity index (χ3n) is 1.70. The van der Waals surface area contributed by atoms with E-state index in [1.807, 2.05) is 0 Å². The van der Waals surface area contributed by atoms with Gasteiger partial charge >= 0.3 is 0 Å². The van der Waals surface area contributed by atoms with E-state index in [0.29, 0.717) is 0 Å². The second-order valence-corrected chi connectivity index (χ2v) is 2.38. The van der Waals surface area contributed by atoms with E-state index in [9.17, 15) is 0 Å². The van der Waals surface area contributed by atoms with Crippen LogP contribution in [-0.2, 0) is 4.84 Å². The summed E-state index contributed by atoms with van der Waals surface area (Å²) in [5.41, 5.74) is 6.14. The first-order valence-electron chi connectivity index (χ1n) is 3.39. The molecule has 0 N–H and O–H groups in total. The molecule has 0 saturated heterocycles. The van der Waals surface area contributed by atoms with Crippen LogP contribution in [0.1, 0.15) is 12.8 Å². The van der Waals surface area contributed by atoms with Gasteiger partial charge in [0, 0.05) is 5.57 Å². The molecular formula is C8H8NO. The summed E-state index contributed by atoms with van der Waals surface area (Å²) in [5.74, 6) is 0. The smallest absolute Gasteiger partial charge is 0.129 e. The van der Waals surface area contributed by atoms with Crippen LogP contribution in [0.15, 0.2) is 35.8 Å². The van der Waals surface area contributed by atoms with Crippen LogP contribution in [-0.4, -0.2) is 0 Å². The molecule has 2 rings (SSSR count). The van der Waals surface area contributed by atoms with E-state index in [-0.39, 0.29) is 0 Å². The molecule has 0 bridgehead atoms. The number of fused-ring (bicyclic) bond motifs is 1. The fraction of sp³-hybridized carbons (Fsp3) is 0.250. The molecule has 0 spiro atoms. The van der Waals surface area contributed by atoms with E-state index >= 15 is 0 Å². The zero-order chi connectivity index (χ0) is 6.81. The topological polar surface area (TPSA) is 23.3 Å². The average Bonchev–Trinajstić information content (AvgIpc) is 2.05. The molecule has 1 radical (unpaired) electrons. The van der Waals surface area contributed by atoms with Crippen molar-refractivity contribution in [3.8, 4) is 0 Å². The predicted octanol–water partition coefficient (Wildman–Crippen LogP) is 1.65. The third-order valence-corrected chi connectivity index (χ3v) is 1.70. The van der Waals surface area contributed by atoms with Crippen LogP contribution >= 0.6 is 0 Å². The van der Waals surface area contributed by atoms with E-state index < -0.39 is 0 Å². The van der Waals surface area contributed by atoms with Crippen molar-refractivity contribution in [3.05, 3.63) is 35.8 Å². The molecule has 0 unspecified atom stereocenters. The predicted molar refractivity (Wildman–Crippen MR) is 37.8 cm³/mol. The van der Waals surface area contributed by atoms with Crippen molar-refractivity contribution in [2.75, 3.05) is 0 Å². The van der Waals surface area contributed by atoms with Crippen molar-refractivity contribution >= 4 is 0 Å². The number of allylic oxidation sites excluding steroid dienone is 4. The summed E-state index contributed by atoms with van der Waals surface area (Å²) in [5, 5.41) is 0. The fourth-order valence-corrected chi connectivity index (χ4v) is 1.14. The highest BCUT2D eigenvalue weighted by Gasteiger charge is 2.10. The van der Waals surface area contributed by atoms with Crippen molar-refractivity contribution in [2.24, 2.45) is 0 Å². The highest BCUT2D eigenvalue weighted by molar-refractivity contribution is 5.41. The first kappa shape index (κ1) is 5.59. The second-order valence-electron chi connectivity index (χ2n) is 2.38. The second kappa shape index (κ2) is 2.21. The summed E-state index contributed by atoms with van der Waals surface area (Å²) in [7, 11) is 0. The van der Waals surface area contributed by atoms with Crippen molar-refractivity contribution < 1.29 is 4.84 Å². The van der Waals surface area contributed by atoms with Gasteiger partial charge in [0.15, 0.2) is 0 Å². The Morgan fingerprint density at radius 3 is 3.40 bits per heavy atom. The fourth-order valence-electron chi connectivity index (χ4n) is 1.14. The van der Waals surface area contributed by atoms with Gasteiger partial charge in [0.25, 0.3) is 0 Å². The lowest BCUT2D eigenvalue weighted by Crippen LogP contribution is -2.05. The summed E-state index contributed by atoms with van der Waals surface area (Å²) in [6, 6.07) is 0. The van der Waals surface area contributed by atoms with Gasteiger partial charge < -0.3 is 4.84 Å². The summed E-state index contributed by atoms with van der Waals surface area (Å²) < 4.78 is 0. The summed E-state index contributed by atoms with van der Waals surface area (Å²) in [6.45, 7) is 0. The summed E-state index contributed by atoms with van der Waals surface area (Å²) >= 11 is 0. The zero-order valence-corrected chi connectivity index (χ0v) is 5.58. The largest absolute Gasteiger partial charge is 0.364 e. The van der Waals surface area contributed by atoms with Gasteiger partial charge in [-0.3, -0.25) is 0 Å². The van der Waals surface area contributed by atoms with Gasteiger partial charge in [-0.1, -0.05) is 17.6 Å². The lowest BCUT2D eigenvalue weighted by molar-refractivity contribution is 0.159. The molecule has 0 fully saturated rings. The minimum absolute atomic E-state index is 1.09. The summed E-state index contributed by atoms with van der Waals surface area (Å²) in [4.78, 5) is 4.77. The van der Waals surface area contributed by atoms with Crippen molar-refractivity contribution in [1.29, 1.82) is 0 Å². The number of nitrogens with zero attached hydrogens (tertiary/aromatic N) is 1. The molecular weight excluding hydrogens is 126 g/mol. The Morgan fingerprint density at radius 1 is 1.50 bits per heavy atom. The molecule has 51 valence electrons. The van der Waals surface area contributed by atoms with Gasteiger partial charge in [0.2, 0.25) is 0 Å². The molecule has 0 saturated carbocycles. The highest BCUT2D eigenvalue weighted by Crippen LogP contribution is 2.24. The van der Waals surface area contributed by atoms with E-state index in [1.54, 1.807) is 12.5 Å². The first-order chi connectivity index (χ1) is 4.97. The number of hydrogen-bond donors (Lipinski definition) is 0.